The number of aryl methyl sites for hydroxylation is 1. The van der Waals surface area contributed by atoms with E-state index in [-0.39, 0.29) is 31.0 Å². The molecule has 2 aromatic carbocycles. The molecule has 16 heteroatoms. The van der Waals surface area contributed by atoms with Gasteiger partial charge < -0.3 is 29.2 Å². The number of hydrogen-bond donors (Lipinski definition) is 2. The lowest BCUT2D eigenvalue weighted by atomic mass is 9.91. The normalized spacial score (nSPS) is 24.2. The van der Waals surface area contributed by atoms with E-state index in [1.165, 1.54) is 6.42 Å². The fourth-order valence-electron chi connectivity index (χ4n) is 10.6. The van der Waals surface area contributed by atoms with Crippen molar-refractivity contribution in [3.8, 4) is 22.6 Å². The van der Waals surface area contributed by atoms with Crippen LogP contribution in [-0.2, 0) is 36.1 Å². The van der Waals surface area contributed by atoms with Crippen LogP contribution in [0.15, 0.2) is 41.3 Å². The Hall–Kier alpha value is -5.74. The molecule has 0 spiro atoms. The summed E-state index contributed by atoms with van der Waals surface area (Å²) in [5, 5.41) is 4.93. The van der Waals surface area contributed by atoms with Crippen LogP contribution in [0.1, 0.15) is 63.1 Å². The average Bonchev–Trinajstić information content (AvgIpc) is 3.92. The summed E-state index contributed by atoms with van der Waals surface area (Å²) in [4.78, 5) is 86.5. The quantitative estimate of drug-likeness (QED) is 0.304. The Kier molecular flexibility index (Phi) is 10.4. The number of urea groups is 1. The summed E-state index contributed by atoms with van der Waals surface area (Å²) < 4.78 is 13.6. The molecule has 1 aromatic heterocycles. The Morgan fingerprint density at radius 3 is 2.27 bits per heavy atom. The Morgan fingerprint density at radius 2 is 1.60 bits per heavy atom. The number of nitrogens with zero attached hydrogens (tertiary/aromatic N) is 6. The second kappa shape index (κ2) is 15.7. The van der Waals surface area contributed by atoms with Crippen molar-refractivity contribution in [2.75, 3.05) is 72.0 Å². The minimum Gasteiger partial charge on any atom is -0.496 e. The van der Waals surface area contributed by atoms with E-state index in [1.54, 1.807) is 49.9 Å². The first kappa shape index (κ1) is 39.7. The molecule has 6 aliphatic rings. The number of piperazine rings is 1. The highest BCUT2D eigenvalue weighted by Crippen LogP contribution is 2.46. The van der Waals surface area contributed by atoms with Gasteiger partial charge in [0.15, 0.2) is 0 Å². The van der Waals surface area contributed by atoms with Gasteiger partial charge in [-0.25, -0.2) is 4.79 Å². The van der Waals surface area contributed by atoms with Crippen LogP contribution in [-0.4, -0.2) is 133 Å². The van der Waals surface area contributed by atoms with Crippen LogP contribution in [0.25, 0.3) is 11.1 Å². The highest BCUT2D eigenvalue weighted by Gasteiger charge is 2.47. The number of likely N-dealkylation sites (tertiary alicyclic amines) is 1. The number of carbonyl (C=O) groups excluding carboxylic acids is 5. The van der Waals surface area contributed by atoms with Crippen molar-refractivity contribution in [2.45, 2.75) is 57.3 Å². The number of ether oxygens (including phenoxy) is 2. The molecule has 6 amide bonds. The number of imide groups is 2. The number of nitrogens with one attached hydrogen (secondary N) is 2. The average molecular weight is 821 g/mol. The molecule has 5 aliphatic heterocycles. The molecule has 2 bridgehead atoms. The molecule has 9 rings (SSSR count). The van der Waals surface area contributed by atoms with E-state index < -0.39 is 29.7 Å². The zero-order chi connectivity index (χ0) is 42.0. The van der Waals surface area contributed by atoms with E-state index >= 15 is 0 Å². The van der Waals surface area contributed by atoms with Crippen LogP contribution in [0.4, 0.5) is 10.5 Å². The second-order valence-corrected chi connectivity index (χ2v) is 17.0. The number of benzene rings is 2. The van der Waals surface area contributed by atoms with Crippen molar-refractivity contribution in [3.63, 3.8) is 0 Å². The zero-order valence-corrected chi connectivity index (χ0v) is 34.6. The van der Waals surface area contributed by atoms with E-state index in [4.69, 9.17) is 9.47 Å². The molecule has 4 atom stereocenters. The van der Waals surface area contributed by atoms with Gasteiger partial charge in [-0.2, -0.15) is 0 Å². The molecule has 6 heterocycles. The van der Waals surface area contributed by atoms with Gasteiger partial charge in [0.05, 0.1) is 37.5 Å². The SMILES string of the molecule is CNC(=O)N1CCc2c(-c3cc(OC)c(CN4CC5CC4CC5CN4CCN(c5ccc6c(c5)C(=O)N(C5CCC(=O)NC5=O)C6=O)CC4)c(OC)c3)cn(C)c(=O)c2C1. The van der Waals surface area contributed by atoms with Crippen LogP contribution >= 0.6 is 0 Å². The molecule has 316 valence electrons. The van der Waals surface area contributed by atoms with E-state index in [0.717, 1.165) is 90.0 Å². The van der Waals surface area contributed by atoms with Gasteiger partial charge in [-0.05, 0) is 79.0 Å². The predicted molar refractivity (Wildman–Crippen MR) is 221 cm³/mol. The molecule has 4 fully saturated rings. The van der Waals surface area contributed by atoms with Crippen molar-refractivity contribution in [3.05, 3.63) is 74.7 Å². The lowest BCUT2D eigenvalue weighted by Crippen LogP contribution is -2.54. The number of anilines is 1. The number of aromatic nitrogens is 1. The van der Waals surface area contributed by atoms with Crippen LogP contribution in [0.5, 0.6) is 11.5 Å². The maximum absolute atomic E-state index is 13.4. The molecule has 2 N–H and O–H groups in total. The summed E-state index contributed by atoms with van der Waals surface area (Å²) in [5.41, 5.74) is 5.83. The molecule has 0 radical (unpaired) electrons. The van der Waals surface area contributed by atoms with Gasteiger partial charge in [-0.1, -0.05) is 0 Å². The van der Waals surface area contributed by atoms with E-state index in [1.807, 2.05) is 12.3 Å². The third-order valence-corrected chi connectivity index (χ3v) is 13.8. The summed E-state index contributed by atoms with van der Waals surface area (Å²) in [7, 11) is 6.72. The molecule has 4 unspecified atom stereocenters. The topological polar surface area (TPSA) is 166 Å². The summed E-state index contributed by atoms with van der Waals surface area (Å²) >= 11 is 0. The fourth-order valence-corrected chi connectivity index (χ4v) is 10.6. The molecule has 1 saturated carbocycles. The standard InChI is InChI=1S/C44H52N8O8/c1-45-44(58)50-10-9-30-33(22-47(2)41(55)34(30)23-50)25-17-37(59-3)35(38(18-25)60-4)24-51-21-27-16-29(51)15-26(27)20-48-11-13-49(14-12-48)28-5-6-31-32(19-28)43(57)52(42(31)56)36-7-8-39(53)46-40(36)54/h5-6,17-19,22,26-27,29,36H,7-16,20-21,23-24H2,1-4H3,(H,45,58)(H,46,53,54). The minimum atomic E-state index is -0.977. The Balaban J connectivity index is 0.821. The van der Waals surface area contributed by atoms with E-state index in [0.29, 0.717) is 54.1 Å². The van der Waals surface area contributed by atoms with Gasteiger partial charge in [0, 0.05) is 102 Å². The zero-order valence-electron chi connectivity index (χ0n) is 34.6. The van der Waals surface area contributed by atoms with Gasteiger partial charge in [-0.15, -0.1) is 0 Å². The first-order valence-corrected chi connectivity index (χ1v) is 21.0. The number of carbonyl (C=O) groups is 5. The number of fused-ring (bicyclic) bond motifs is 4. The third kappa shape index (κ3) is 6.88. The molecular formula is C44H52N8O8. The van der Waals surface area contributed by atoms with Gasteiger partial charge in [0.25, 0.3) is 17.4 Å². The minimum absolute atomic E-state index is 0.0896. The molecule has 60 heavy (non-hydrogen) atoms. The number of piperidine rings is 2. The summed E-state index contributed by atoms with van der Waals surface area (Å²) in [6, 6.07) is 8.76. The smallest absolute Gasteiger partial charge is 0.317 e. The van der Waals surface area contributed by atoms with Gasteiger partial charge in [-0.3, -0.25) is 44.0 Å². The number of methoxy groups -OCH3 is 2. The third-order valence-electron chi connectivity index (χ3n) is 13.8. The van der Waals surface area contributed by atoms with Crippen molar-refractivity contribution < 1.29 is 33.4 Å². The highest BCUT2D eigenvalue weighted by atomic mass is 16.5. The summed E-state index contributed by atoms with van der Waals surface area (Å²) in [6.45, 7) is 6.96. The van der Waals surface area contributed by atoms with Crippen LogP contribution in [0.3, 0.4) is 0 Å². The number of pyridine rings is 1. The maximum Gasteiger partial charge on any atom is 0.317 e. The second-order valence-electron chi connectivity index (χ2n) is 17.0. The lowest BCUT2D eigenvalue weighted by Gasteiger charge is -2.39. The lowest BCUT2D eigenvalue weighted by molar-refractivity contribution is -0.136. The monoisotopic (exact) mass is 820 g/mol. The van der Waals surface area contributed by atoms with Crippen molar-refractivity contribution in [1.82, 2.24) is 34.8 Å². The van der Waals surface area contributed by atoms with E-state index in [2.05, 4.69) is 37.5 Å². The molecule has 3 saturated heterocycles. The number of rotatable bonds is 9. The Labute approximate surface area is 348 Å². The molecular weight excluding hydrogens is 769 g/mol. The van der Waals surface area contributed by atoms with Crippen LogP contribution in [0.2, 0.25) is 0 Å². The predicted octanol–water partition coefficient (Wildman–Crippen LogP) is 2.20. The van der Waals surface area contributed by atoms with E-state index in [9.17, 15) is 28.8 Å². The first-order valence-electron chi connectivity index (χ1n) is 21.0. The number of hydrogen-bond acceptors (Lipinski definition) is 11. The molecule has 1 aliphatic carbocycles. The largest absolute Gasteiger partial charge is 0.496 e. The summed E-state index contributed by atoms with van der Waals surface area (Å²) in [5.74, 6) is 0.734. The molecule has 16 nitrogen and oxygen atoms in total. The maximum atomic E-state index is 13.4. The van der Waals surface area contributed by atoms with Gasteiger partial charge >= 0.3 is 6.03 Å². The highest BCUT2D eigenvalue weighted by molar-refractivity contribution is 6.23. The van der Waals surface area contributed by atoms with Gasteiger partial charge in [0.2, 0.25) is 11.8 Å². The molecule has 3 aromatic rings. The van der Waals surface area contributed by atoms with Crippen LogP contribution in [0, 0.1) is 11.8 Å². The van der Waals surface area contributed by atoms with Gasteiger partial charge in [0.1, 0.15) is 17.5 Å². The van der Waals surface area contributed by atoms with Crippen molar-refractivity contribution >= 4 is 35.3 Å². The number of amides is 6. The van der Waals surface area contributed by atoms with Crippen LogP contribution < -0.4 is 30.6 Å². The Bertz CT molecular complexity index is 2330. The fraction of sp³-hybridized carbons (Fsp3) is 0.500. The Morgan fingerprint density at radius 1 is 0.867 bits per heavy atom. The van der Waals surface area contributed by atoms with Crippen molar-refractivity contribution in [2.24, 2.45) is 18.9 Å². The summed E-state index contributed by atoms with van der Waals surface area (Å²) in [6.07, 6.45) is 4.98. The first-order chi connectivity index (χ1) is 29.0. The van der Waals surface area contributed by atoms with Crippen molar-refractivity contribution in [1.29, 1.82) is 0 Å².